The number of hydrogen-bond donors (Lipinski definition) is 1. The van der Waals surface area contributed by atoms with Gasteiger partial charge in [-0.15, -0.1) is 5.10 Å². The molecule has 5 rings (SSSR count). The Morgan fingerprint density at radius 3 is 2.79 bits per heavy atom. The Labute approximate surface area is 199 Å². The van der Waals surface area contributed by atoms with Crippen LogP contribution in [0.4, 0.5) is 9.52 Å². The number of halogens is 1. The molecular weight excluding hydrogens is 461 g/mol. The zero-order valence-corrected chi connectivity index (χ0v) is 19.9. The summed E-state index contributed by atoms with van der Waals surface area (Å²) in [6.45, 7) is 4.77. The SMILES string of the molecule is COc1cnc(C)c(F)c1-c1cc(C)ncc1C(=O)Nc1nnc(OC2([C@H]3CCOC3)CC2)s1. The molecule has 9 nitrogen and oxygen atoms in total. The largest absolute Gasteiger partial charge is 0.494 e. The van der Waals surface area contributed by atoms with Crippen LogP contribution in [-0.2, 0) is 4.74 Å². The molecule has 11 heteroatoms. The number of aryl methyl sites for hydroxylation is 2. The van der Waals surface area contributed by atoms with Gasteiger partial charge in [-0.1, -0.05) is 5.10 Å². The first-order chi connectivity index (χ1) is 16.4. The van der Waals surface area contributed by atoms with Gasteiger partial charge in [0.1, 0.15) is 11.4 Å². The summed E-state index contributed by atoms with van der Waals surface area (Å²) in [5, 5.41) is 11.6. The van der Waals surface area contributed by atoms with Gasteiger partial charge in [0.25, 0.3) is 11.1 Å². The van der Waals surface area contributed by atoms with Crippen molar-refractivity contribution >= 4 is 22.4 Å². The van der Waals surface area contributed by atoms with Crippen LogP contribution in [0.2, 0.25) is 0 Å². The first-order valence-corrected chi connectivity index (χ1v) is 11.8. The number of amides is 1. The highest BCUT2D eigenvalue weighted by molar-refractivity contribution is 7.17. The maximum absolute atomic E-state index is 15.1. The maximum Gasteiger partial charge on any atom is 0.296 e. The molecule has 2 fully saturated rings. The highest BCUT2D eigenvalue weighted by atomic mass is 32.1. The van der Waals surface area contributed by atoms with Gasteiger partial charge < -0.3 is 14.2 Å². The number of aromatic nitrogens is 4. The van der Waals surface area contributed by atoms with Crippen LogP contribution in [0.1, 0.15) is 41.0 Å². The van der Waals surface area contributed by atoms with Gasteiger partial charge in [0.05, 0.1) is 36.7 Å². The Morgan fingerprint density at radius 2 is 2.09 bits per heavy atom. The molecule has 1 saturated heterocycles. The fourth-order valence-corrected chi connectivity index (χ4v) is 4.91. The van der Waals surface area contributed by atoms with E-state index in [0.29, 0.717) is 29.0 Å². The van der Waals surface area contributed by atoms with Crippen LogP contribution in [0.25, 0.3) is 11.1 Å². The minimum absolute atomic E-state index is 0.154. The van der Waals surface area contributed by atoms with Crippen LogP contribution in [0.5, 0.6) is 10.9 Å². The third kappa shape index (κ3) is 4.21. The van der Waals surface area contributed by atoms with Crippen molar-refractivity contribution < 1.29 is 23.4 Å². The number of methoxy groups -OCH3 is 1. The summed E-state index contributed by atoms with van der Waals surface area (Å²) in [6, 6.07) is 1.64. The minimum Gasteiger partial charge on any atom is -0.494 e. The molecule has 2 aliphatic rings. The molecule has 0 bridgehead atoms. The number of ether oxygens (including phenoxy) is 3. The molecule has 1 saturated carbocycles. The molecule has 0 spiro atoms. The van der Waals surface area contributed by atoms with E-state index in [1.54, 1.807) is 19.9 Å². The van der Waals surface area contributed by atoms with Crippen molar-refractivity contribution in [1.82, 2.24) is 20.2 Å². The Balaban J connectivity index is 1.39. The van der Waals surface area contributed by atoms with Gasteiger partial charge in [-0.3, -0.25) is 20.1 Å². The lowest BCUT2D eigenvalue weighted by Crippen LogP contribution is -2.29. The van der Waals surface area contributed by atoms with Crippen LogP contribution in [0.15, 0.2) is 18.5 Å². The van der Waals surface area contributed by atoms with E-state index in [4.69, 9.17) is 14.2 Å². The van der Waals surface area contributed by atoms with Gasteiger partial charge in [-0.25, -0.2) is 4.39 Å². The van der Waals surface area contributed by atoms with Crippen molar-refractivity contribution in [2.24, 2.45) is 5.92 Å². The van der Waals surface area contributed by atoms with Gasteiger partial charge in [-0.2, -0.15) is 0 Å². The third-order valence-corrected chi connectivity index (χ3v) is 6.98. The van der Waals surface area contributed by atoms with Crippen LogP contribution < -0.4 is 14.8 Å². The van der Waals surface area contributed by atoms with Crippen LogP contribution in [0.3, 0.4) is 0 Å². The molecular formula is C23H24FN5O4S. The van der Waals surface area contributed by atoms with E-state index in [0.717, 1.165) is 37.2 Å². The second kappa shape index (κ2) is 8.88. The average molecular weight is 486 g/mol. The Morgan fingerprint density at radius 1 is 1.26 bits per heavy atom. The van der Waals surface area contributed by atoms with Gasteiger partial charge in [0, 0.05) is 30.0 Å². The van der Waals surface area contributed by atoms with E-state index in [9.17, 15) is 4.79 Å². The average Bonchev–Trinajstić information content (AvgIpc) is 3.20. The van der Waals surface area contributed by atoms with E-state index in [1.165, 1.54) is 19.5 Å². The fourth-order valence-electron chi connectivity index (χ4n) is 4.23. The molecule has 1 amide bonds. The number of pyridine rings is 2. The van der Waals surface area contributed by atoms with Crippen LogP contribution in [0, 0.1) is 25.6 Å². The van der Waals surface area contributed by atoms with Gasteiger partial charge in [0.2, 0.25) is 5.13 Å². The lowest BCUT2D eigenvalue weighted by molar-refractivity contribution is 0.0905. The molecule has 0 aromatic carbocycles. The molecule has 1 N–H and O–H groups in total. The summed E-state index contributed by atoms with van der Waals surface area (Å²) >= 11 is 1.15. The molecule has 1 aliphatic carbocycles. The Hall–Kier alpha value is -3.18. The van der Waals surface area contributed by atoms with E-state index >= 15 is 4.39 Å². The molecule has 178 valence electrons. The van der Waals surface area contributed by atoms with Crippen molar-refractivity contribution in [2.75, 3.05) is 25.6 Å². The van der Waals surface area contributed by atoms with Crippen molar-refractivity contribution in [3.63, 3.8) is 0 Å². The predicted molar refractivity (Wildman–Crippen MR) is 123 cm³/mol. The smallest absolute Gasteiger partial charge is 0.296 e. The molecule has 1 atom stereocenters. The molecule has 4 heterocycles. The van der Waals surface area contributed by atoms with Crippen LogP contribution in [-0.4, -0.2) is 52.0 Å². The Bertz CT molecular complexity index is 1240. The first-order valence-electron chi connectivity index (χ1n) is 11.0. The lowest BCUT2D eigenvalue weighted by Gasteiger charge is -2.20. The van der Waals surface area contributed by atoms with Crippen LogP contribution >= 0.6 is 11.3 Å². The number of rotatable bonds is 7. The molecule has 0 radical (unpaired) electrons. The fraction of sp³-hybridized carbons (Fsp3) is 0.435. The van der Waals surface area contributed by atoms with Gasteiger partial charge in [0.15, 0.2) is 5.82 Å². The van der Waals surface area contributed by atoms with Crippen molar-refractivity contribution in [3.05, 3.63) is 41.2 Å². The van der Waals surface area contributed by atoms with E-state index in [2.05, 4.69) is 25.5 Å². The lowest BCUT2D eigenvalue weighted by atomic mass is 9.99. The zero-order chi connectivity index (χ0) is 23.9. The summed E-state index contributed by atoms with van der Waals surface area (Å²) in [5.74, 6) is -0.480. The molecule has 3 aromatic rings. The van der Waals surface area contributed by atoms with Crippen molar-refractivity contribution in [3.8, 4) is 22.1 Å². The monoisotopic (exact) mass is 485 g/mol. The van der Waals surface area contributed by atoms with E-state index < -0.39 is 11.7 Å². The minimum atomic E-state index is -0.559. The highest BCUT2D eigenvalue weighted by Crippen LogP contribution is 2.49. The molecule has 3 aromatic heterocycles. The maximum atomic E-state index is 15.1. The number of nitrogens with zero attached hydrogens (tertiary/aromatic N) is 4. The Kier molecular flexibility index (Phi) is 5.90. The summed E-state index contributed by atoms with van der Waals surface area (Å²) in [4.78, 5) is 21.4. The van der Waals surface area contributed by atoms with E-state index in [-0.39, 0.29) is 33.3 Å². The third-order valence-electron chi connectivity index (χ3n) is 6.27. The standard InChI is InChI=1S/C23H24FN5O4S/c1-12-8-15(18-17(31-3)10-26-13(2)19(18)24)16(9-25-12)20(30)27-21-28-29-22(34-21)33-23(5-6-23)14-4-7-32-11-14/h8-10,14H,4-7,11H2,1-3H3,(H,27,28,30)/t14-/m0/s1. The summed E-state index contributed by atoms with van der Waals surface area (Å²) < 4.78 is 32.1. The summed E-state index contributed by atoms with van der Waals surface area (Å²) in [5.41, 5.74) is 1.26. The molecule has 1 aliphatic heterocycles. The highest BCUT2D eigenvalue weighted by Gasteiger charge is 2.53. The zero-order valence-electron chi connectivity index (χ0n) is 19.1. The predicted octanol–water partition coefficient (Wildman–Crippen LogP) is 3.96. The quantitative estimate of drug-likeness (QED) is 0.536. The second-order valence-corrected chi connectivity index (χ2v) is 9.47. The van der Waals surface area contributed by atoms with E-state index in [1.807, 2.05) is 0 Å². The number of nitrogens with one attached hydrogen (secondary N) is 1. The topological polar surface area (TPSA) is 108 Å². The van der Waals surface area contributed by atoms with Gasteiger partial charge >= 0.3 is 0 Å². The van der Waals surface area contributed by atoms with Gasteiger partial charge in [-0.05, 0) is 50.5 Å². The first kappa shape index (κ1) is 22.6. The van der Waals surface area contributed by atoms with Crippen molar-refractivity contribution in [2.45, 2.75) is 38.7 Å². The second-order valence-electron chi connectivity index (χ2n) is 8.53. The summed E-state index contributed by atoms with van der Waals surface area (Å²) in [7, 11) is 1.43. The number of carbonyl (C=O) groups excluding carboxylic acids is 1. The van der Waals surface area contributed by atoms with Crippen molar-refractivity contribution in [1.29, 1.82) is 0 Å². The number of hydrogen-bond acceptors (Lipinski definition) is 9. The normalized spacial score (nSPS) is 18.5. The number of anilines is 1. The molecule has 0 unspecified atom stereocenters. The summed E-state index contributed by atoms with van der Waals surface area (Å²) in [6.07, 6.45) is 5.73. The molecule has 34 heavy (non-hydrogen) atoms. The number of carbonyl (C=O) groups is 1.